The number of guanidine groups is 2. The lowest BCUT2D eigenvalue weighted by Gasteiger charge is -2.01. The van der Waals surface area contributed by atoms with E-state index in [0.717, 1.165) is 25.0 Å². The Morgan fingerprint density at radius 1 is 1.55 bits per heavy atom. The molecule has 1 aromatic rings. The van der Waals surface area contributed by atoms with Crippen molar-refractivity contribution < 1.29 is 5.03 Å². The Kier molecular flexibility index (Phi) is 6.16. The predicted molar refractivity (Wildman–Crippen MR) is 77.2 cm³/mol. The number of nitrogens with one attached hydrogen (secondary N) is 3. The Morgan fingerprint density at radius 3 is 2.95 bits per heavy atom. The number of nitrogens with two attached hydrogens (primary N) is 2. The minimum Gasteiger partial charge on any atom is -0.370 e. The van der Waals surface area contributed by atoms with Crippen LogP contribution in [0.2, 0.25) is 0 Å². The molecule has 10 nitrogen and oxygen atoms in total. The van der Waals surface area contributed by atoms with Crippen molar-refractivity contribution in [1.29, 1.82) is 5.41 Å². The monoisotopic (exact) mass is 300 g/mol. The van der Waals surface area contributed by atoms with Gasteiger partial charge in [-0.15, -0.1) is 11.3 Å². The van der Waals surface area contributed by atoms with Crippen molar-refractivity contribution in [2.45, 2.75) is 19.3 Å². The van der Waals surface area contributed by atoms with Gasteiger partial charge < -0.3 is 22.1 Å². The minimum absolute atomic E-state index is 0.143. The summed E-state index contributed by atoms with van der Waals surface area (Å²) >= 11 is 1.38. The molecule has 0 saturated heterocycles. The van der Waals surface area contributed by atoms with Crippen molar-refractivity contribution in [2.75, 3.05) is 11.9 Å². The third-order valence-corrected chi connectivity index (χ3v) is 2.96. The van der Waals surface area contributed by atoms with Gasteiger partial charge in [0.1, 0.15) is 5.10 Å². The average molecular weight is 300 g/mol. The van der Waals surface area contributed by atoms with E-state index in [-0.39, 0.29) is 11.9 Å². The number of aromatic nitrogens is 1. The highest BCUT2D eigenvalue weighted by molar-refractivity contribution is 7.13. The molecule has 0 fully saturated rings. The zero-order valence-corrected chi connectivity index (χ0v) is 11.4. The lowest BCUT2D eigenvalue weighted by atomic mass is 10.2. The smallest absolute Gasteiger partial charge is 0.266 e. The highest BCUT2D eigenvalue weighted by Gasteiger charge is 2.03. The molecule has 0 atom stereocenters. The number of nitro groups is 1. The maximum Gasteiger partial charge on any atom is 0.266 e. The molecule has 0 aliphatic carbocycles. The minimum atomic E-state index is -0.846. The second-order valence-electron chi connectivity index (χ2n) is 3.79. The molecule has 0 aromatic carbocycles. The van der Waals surface area contributed by atoms with Crippen LogP contribution in [0.15, 0.2) is 10.5 Å². The number of hydrazone groups is 1. The number of unbranched alkanes of at least 4 members (excludes halogenated alkanes) is 1. The van der Waals surface area contributed by atoms with Crippen molar-refractivity contribution in [2.24, 2.45) is 16.6 Å². The first kappa shape index (κ1) is 15.6. The molecule has 0 bridgehead atoms. The average Bonchev–Trinajstić information content (AvgIpc) is 2.74. The highest BCUT2D eigenvalue weighted by atomic mass is 32.1. The molecule has 110 valence electrons. The summed E-state index contributed by atoms with van der Waals surface area (Å²) in [6.07, 6.45) is 2.40. The first-order chi connectivity index (χ1) is 9.47. The zero-order chi connectivity index (χ0) is 15.0. The van der Waals surface area contributed by atoms with Gasteiger partial charge in [-0.05, 0) is 19.3 Å². The molecule has 0 unspecified atom stereocenters. The van der Waals surface area contributed by atoms with Crippen LogP contribution in [0, 0.1) is 15.5 Å². The third-order valence-electron chi connectivity index (χ3n) is 2.15. The van der Waals surface area contributed by atoms with E-state index in [1.807, 2.05) is 5.38 Å². The van der Waals surface area contributed by atoms with E-state index >= 15 is 0 Å². The van der Waals surface area contributed by atoms with E-state index in [9.17, 15) is 10.1 Å². The first-order valence-corrected chi connectivity index (χ1v) is 6.63. The summed E-state index contributed by atoms with van der Waals surface area (Å²) in [6.45, 7) is 0.506. The molecule has 11 heteroatoms. The van der Waals surface area contributed by atoms with Crippen LogP contribution in [0.25, 0.3) is 0 Å². The summed E-state index contributed by atoms with van der Waals surface area (Å²) in [7, 11) is 0. The number of thiazole rings is 1. The predicted octanol–water partition coefficient (Wildman–Crippen LogP) is -0.133. The standard InChI is InChI=1S/C9H16N8O2S/c10-7(11)15-9-14-6(5-20-9)3-1-2-4-13-8(12)16-17(18)19/h5H,1-4H2,(H3,12,13,16)(H4,10,11,14,15). The lowest BCUT2D eigenvalue weighted by Crippen LogP contribution is -2.33. The van der Waals surface area contributed by atoms with Gasteiger partial charge in [-0.25, -0.2) is 15.1 Å². The summed E-state index contributed by atoms with van der Waals surface area (Å²) in [6, 6.07) is 0. The number of rotatable bonds is 7. The van der Waals surface area contributed by atoms with Gasteiger partial charge in [0.2, 0.25) is 0 Å². The normalized spacial score (nSPS) is 11.1. The van der Waals surface area contributed by atoms with E-state index in [1.54, 1.807) is 0 Å². The van der Waals surface area contributed by atoms with E-state index in [1.165, 1.54) is 11.3 Å². The van der Waals surface area contributed by atoms with Crippen molar-refractivity contribution in [3.8, 4) is 0 Å². The molecule has 1 aromatic heterocycles. The van der Waals surface area contributed by atoms with Gasteiger partial charge in [-0.3, -0.25) is 5.41 Å². The largest absolute Gasteiger partial charge is 0.370 e. The molecule has 20 heavy (non-hydrogen) atoms. The lowest BCUT2D eigenvalue weighted by molar-refractivity contribution is -0.485. The summed E-state index contributed by atoms with van der Waals surface area (Å²) in [5, 5.41) is 26.9. The quantitative estimate of drug-likeness (QED) is 0.153. The molecule has 1 heterocycles. The molecule has 0 aliphatic rings. The summed E-state index contributed by atoms with van der Waals surface area (Å²) in [5.41, 5.74) is 11.4. The van der Waals surface area contributed by atoms with Crippen LogP contribution < -0.4 is 22.1 Å². The summed E-state index contributed by atoms with van der Waals surface area (Å²) in [4.78, 5) is 14.3. The Labute approximate surface area is 118 Å². The van der Waals surface area contributed by atoms with Crippen LogP contribution >= 0.6 is 11.3 Å². The molecular formula is C9H16N8O2S. The topological polar surface area (TPSA) is 168 Å². The van der Waals surface area contributed by atoms with Crippen LogP contribution in [0.3, 0.4) is 0 Å². The van der Waals surface area contributed by atoms with E-state index in [0.29, 0.717) is 11.7 Å². The van der Waals surface area contributed by atoms with E-state index in [4.69, 9.17) is 16.9 Å². The Morgan fingerprint density at radius 2 is 2.30 bits per heavy atom. The first-order valence-electron chi connectivity index (χ1n) is 5.75. The summed E-state index contributed by atoms with van der Waals surface area (Å²) < 4.78 is 0. The Hall–Kier alpha value is -2.43. The molecule has 0 radical (unpaired) electrons. The van der Waals surface area contributed by atoms with Gasteiger partial charge in [0.25, 0.3) is 5.96 Å². The highest BCUT2D eigenvalue weighted by Crippen LogP contribution is 2.16. The number of hydrogen-bond acceptors (Lipinski definition) is 5. The molecule has 0 spiro atoms. The molecule has 1 rings (SSSR count). The van der Waals surface area contributed by atoms with Crippen molar-refractivity contribution in [3.63, 3.8) is 0 Å². The fourth-order valence-electron chi connectivity index (χ4n) is 1.37. The van der Waals surface area contributed by atoms with Crippen molar-refractivity contribution >= 4 is 28.4 Å². The van der Waals surface area contributed by atoms with Gasteiger partial charge in [-0.2, -0.15) is 0 Å². The SMILES string of the molecule is N=C(N)Nc1nc(CCCCN/C(N)=N\[N+](=O)[O-])cs1. The van der Waals surface area contributed by atoms with Crippen LogP contribution in [0.1, 0.15) is 18.5 Å². The molecule has 7 N–H and O–H groups in total. The number of anilines is 1. The van der Waals surface area contributed by atoms with Crippen LogP contribution in [0.5, 0.6) is 0 Å². The Balaban J connectivity index is 2.20. The fraction of sp³-hybridized carbons (Fsp3) is 0.444. The number of hydrogen-bond donors (Lipinski definition) is 5. The molecular weight excluding hydrogens is 284 g/mol. The maximum absolute atomic E-state index is 10.0. The van der Waals surface area contributed by atoms with Crippen LogP contribution in [0.4, 0.5) is 5.13 Å². The second kappa shape index (κ2) is 7.89. The van der Waals surface area contributed by atoms with Gasteiger partial charge in [-0.1, -0.05) is 0 Å². The van der Waals surface area contributed by atoms with E-state index < -0.39 is 5.03 Å². The van der Waals surface area contributed by atoms with Crippen molar-refractivity contribution in [1.82, 2.24) is 10.3 Å². The van der Waals surface area contributed by atoms with Gasteiger partial charge in [0.05, 0.1) is 5.69 Å². The third kappa shape index (κ3) is 6.49. The number of aryl methyl sites for hydroxylation is 1. The van der Waals surface area contributed by atoms with Crippen LogP contribution in [-0.4, -0.2) is 28.5 Å². The number of nitrogens with zero attached hydrogens (tertiary/aromatic N) is 3. The van der Waals surface area contributed by atoms with Gasteiger partial charge in [0.15, 0.2) is 16.1 Å². The molecule has 0 aliphatic heterocycles. The Bertz CT molecular complexity index is 500. The van der Waals surface area contributed by atoms with Crippen molar-refractivity contribution in [3.05, 3.63) is 21.2 Å². The fourth-order valence-corrected chi connectivity index (χ4v) is 2.12. The second-order valence-corrected chi connectivity index (χ2v) is 4.65. The van der Waals surface area contributed by atoms with Gasteiger partial charge >= 0.3 is 0 Å². The summed E-state index contributed by atoms with van der Waals surface area (Å²) in [5.74, 6) is -0.341. The maximum atomic E-state index is 10.0. The molecule has 0 saturated carbocycles. The van der Waals surface area contributed by atoms with Gasteiger partial charge in [0, 0.05) is 11.9 Å². The van der Waals surface area contributed by atoms with E-state index in [2.05, 4.69) is 20.7 Å². The molecule has 0 amide bonds. The van der Waals surface area contributed by atoms with Crippen LogP contribution in [-0.2, 0) is 6.42 Å². The zero-order valence-electron chi connectivity index (χ0n) is 10.6.